The number of aromatic amines is 1. The molecule has 1 N–H and O–H groups in total. The molecule has 1 fully saturated rings. The molecule has 0 saturated carbocycles. The van der Waals surface area contributed by atoms with E-state index in [1.165, 1.54) is 0 Å². The van der Waals surface area contributed by atoms with Crippen molar-refractivity contribution in [3.8, 4) is 0 Å². The lowest BCUT2D eigenvalue weighted by Gasteiger charge is -2.34. The van der Waals surface area contributed by atoms with Crippen LogP contribution in [0.25, 0.3) is 5.78 Å². The maximum absolute atomic E-state index is 12.5. The van der Waals surface area contributed by atoms with E-state index in [9.17, 15) is 4.79 Å². The molecule has 3 aromatic heterocycles. The lowest BCUT2D eigenvalue weighted by Crippen LogP contribution is -2.36. The van der Waals surface area contributed by atoms with E-state index >= 15 is 0 Å². The lowest BCUT2D eigenvalue weighted by molar-refractivity contribution is 0.0826. The summed E-state index contributed by atoms with van der Waals surface area (Å²) in [5.41, 5.74) is 2.61. The minimum absolute atomic E-state index is 0.0197. The molecule has 148 valence electrons. The molecule has 1 amide bonds. The number of H-pyrrole nitrogens is 1. The van der Waals surface area contributed by atoms with E-state index in [0.29, 0.717) is 11.3 Å². The average Bonchev–Trinajstić information content (AvgIpc) is 3.36. The topological polar surface area (TPSA) is 95.3 Å². The zero-order chi connectivity index (χ0) is 19.7. The van der Waals surface area contributed by atoms with Gasteiger partial charge in [-0.15, -0.1) is 0 Å². The molecule has 3 aromatic rings. The smallest absolute Gasteiger partial charge is 0.256 e. The summed E-state index contributed by atoms with van der Waals surface area (Å²) in [6.45, 7) is 3.88. The first-order valence-electron chi connectivity index (χ1n) is 9.78. The van der Waals surface area contributed by atoms with Crippen LogP contribution in [0.4, 0.5) is 5.82 Å². The largest absolute Gasteiger partial charge is 0.356 e. The number of rotatable bonds is 5. The summed E-state index contributed by atoms with van der Waals surface area (Å²) in [7, 11) is 3.53. The molecule has 4 rings (SSSR count). The molecular formula is C19H26N8O. The van der Waals surface area contributed by atoms with Crippen LogP contribution in [0.2, 0.25) is 0 Å². The van der Waals surface area contributed by atoms with Crippen LogP contribution in [-0.4, -0.2) is 67.8 Å². The van der Waals surface area contributed by atoms with Gasteiger partial charge in [0.2, 0.25) is 0 Å². The van der Waals surface area contributed by atoms with Gasteiger partial charge in [0, 0.05) is 44.9 Å². The average molecular weight is 382 g/mol. The Morgan fingerprint density at radius 3 is 3.04 bits per heavy atom. The standard InChI is InChI=1S/C19H26N8O/c1-4-6-14-9-16(27-19(23-14)20-12-22-27)26-8-5-7-13(11-26)17-15(10-21-24-17)18(28)25(2)3/h9-10,12-13H,4-8,11H2,1-3H3,(H,21,24)/t13-/m0/s1. The Morgan fingerprint density at radius 1 is 1.39 bits per heavy atom. The summed E-state index contributed by atoms with van der Waals surface area (Å²) in [6.07, 6.45) is 7.17. The Balaban J connectivity index is 1.65. The minimum atomic E-state index is -0.0197. The van der Waals surface area contributed by atoms with Crippen molar-refractivity contribution in [3.05, 3.63) is 35.5 Å². The molecule has 1 atom stereocenters. The fourth-order valence-corrected chi connectivity index (χ4v) is 3.89. The van der Waals surface area contributed by atoms with Gasteiger partial charge in [-0.05, 0) is 19.3 Å². The van der Waals surface area contributed by atoms with Gasteiger partial charge in [-0.2, -0.15) is 19.7 Å². The van der Waals surface area contributed by atoms with Crippen LogP contribution in [0.1, 0.15) is 53.8 Å². The molecule has 0 aromatic carbocycles. The van der Waals surface area contributed by atoms with E-state index in [-0.39, 0.29) is 11.8 Å². The highest BCUT2D eigenvalue weighted by Gasteiger charge is 2.29. The van der Waals surface area contributed by atoms with E-state index in [2.05, 4.69) is 43.2 Å². The SMILES string of the molecule is CCCc1cc(N2CCC[C@H](c3[nH]ncc3C(=O)N(C)C)C2)n2ncnc2n1. The molecule has 0 spiro atoms. The van der Waals surface area contributed by atoms with Crippen LogP contribution in [-0.2, 0) is 6.42 Å². The Hall–Kier alpha value is -2.97. The lowest BCUT2D eigenvalue weighted by atomic mass is 9.92. The molecule has 9 heteroatoms. The van der Waals surface area contributed by atoms with Crippen molar-refractivity contribution in [2.45, 2.75) is 38.5 Å². The Kier molecular flexibility index (Phi) is 4.97. The van der Waals surface area contributed by atoms with Gasteiger partial charge < -0.3 is 9.80 Å². The summed E-state index contributed by atoms with van der Waals surface area (Å²) in [4.78, 5) is 25.3. The van der Waals surface area contributed by atoms with Crippen LogP contribution in [0.5, 0.6) is 0 Å². The molecule has 0 radical (unpaired) electrons. The molecule has 28 heavy (non-hydrogen) atoms. The first kappa shape index (κ1) is 18.4. The van der Waals surface area contributed by atoms with Gasteiger partial charge in [-0.3, -0.25) is 9.89 Å². The van der Waals surface area contributed by atoms with E-state index in [4.69, 9.17) is 0 Å². The Labute approximate surface area is 163 Å². The number of carbonyl (C=O) groups excluding carboxylic acids is 1. The number of aromatic nitrogens is 6. The molecule has 1 saturated heterocycles. The van der Waals surface area contributed by atoms with Crippen molar-refractivity contribution in [2.24, 2.45) is 0 Å². The number of aryl methyl sites for hydroxylation is 1. The quantitative estimate of drug-likeness (QED) is 0.724. The zero-order valence-electron chi connectivity index (χ0n) is 16.6. The number of amides is 1. The molecule has 9 nitrogen and oxygen atoms in total. The number of anilines is 1. The number of nitrogens with zero attached hydrogens (tertiary/aromatic N) is 7. The van der Waals surface area contributed by atoms with Crippen molar-refractivity contribution in [3.63, 3.8) is 0 Å². The summed E-state index contributed by atoms with van der Waals surface area (Å²) in [5, 5.41) is 11.6. The second-order valence-electron chi connectivity index (χ2n) is 7.51. The number of nitrogens with one attached hydrogen (secondary N) is 1. The van der Waals surface area contributed by atoms with Crippen LogP contribution in [0.3, 0.4) is 0 Å². The first-order valence-corrected chi connectivity index (χ1v) is 9.78. The molecule has 0 bridgehead atoms. The normalized spacial score (nSPS) is 17.2. The van der Waals surface area contributed by atoms with E-state index < -0.39 is 0 Å². The van der Waals surface area contributed by atoms with E-state index in [0.717, 1.165) is 56.0 Å². The number of hydrogen-bond acceptors (Lipinski definition) is 6. The van der Waals surface area contributed by atoms with Gasteiger partial charge in [0.15, 0.2) is 0 Å². The number of hydrogen-bond donors (Lipinski definition) is 1. The van der Waals surface area contributed by atoms with Crippen molar-refractivity contribution in [1.82, 2.24) is 34.7 Å². The summed E-state index contributed by atoms with van der Waals surface area (Å²) in [5.74, 6) is 1.83. The van der Waals surface area contributed by atoms with Gasteiger partial charge in [-0.25, -0.2) is 4.98 Å². The van der Waals surface area contributed by atoms with Gasteiger partial charge in [0.1, 0.15) is 12.1 Å². The molecule has 0 unspecified atom stereocenters. The second-order valence-corrected chi connectivity index (χ2v) is 7.51. The second kappa shape index (κ2) is 7.57. The van der Waals surface area contributed by atoms with Crippen LogP contribution in [0, 0.1) is 0 Å². The maximum Gasteiger partial charge on any atom is 0.256 e. The predicted octanol–water partition coefficient (Wildman–Crippen LogP) is 1.89. The van der Waals surface area contributed by atoms with Crippen molar-refractivity contribution < 1.29 is 4.79 Å². The first-order chi connectivity index (χ1) is 13.6. The molecule has 0 aliphatic carbocycles. The van der Waals surface area contributed by atoms with Crippen LogP contribution >= 0.6 is 0 Å². The molecule has 1 aliphatic heterocycles. The Morgan fingerprint density at radius 2 is 2.25 bits per heavy atom. The van der Waals surface area contributed by atoms with Gasteiger partial charge in [0.25, 0.3) is 11.7 Å². The summed E-state index contributed by atoms with van der Waals surface area (Å²) < 4.78 is 1.81. The molecule has 1 aliphatic rings. The van der Waals surface area contributed by atoms with Crippen molar-refractivity contribution in [1.29, 1.82) is 0 Å². The van der Waals surface area contributed by atoms with Gasteiger partial charge in [0.05, 0.1) is 17.5 Å². The number of fused-ring (bicyclic) bond motifs is 1. The maximum atomic E-state index is 12.5. The number of piperidine rings is 1. The fourth-order valence-electron chi connectivity index (χ4n) is 3.89. The van der Waals surface area contributed by atoms with Crippen molar-refractivity contribution >= 4 is 17.5 Å². The highest BCUT2D eigenvalue weighted by Crippen LogP contribution is 2.31. The Bertz CT molecular complexity index is 975. The molecule has 4 heterocycles. The van der Waals surface area contributed by atoms with E-state index in [1.54, 1.807) is 36.0 Å². The van der Waals surface area contributed by atoms with Gasteiger partial charge >= 0.3 is 0 Å². The zero-order valence-corrected chi connectivity index (χ0v) is 16.6. The van der Waals surface area contributed by atoms with Crippen molar-refractivity contribution in [2.75, 3.05) is 32.1 Å². The molecular weight excluding hydrogens is 356 g/mol. The third-order valence-electron chi connectivity index (χ3n) is 5.25. The summed E-state index contributed by atoms with van der Waals surface area (Å²) in [6, 6.07) is 2.12. The number of carbonyl (C=O) groups is 1. The van der Waals surface area contributed by atoms with Crippen LogP contribution < -0.4 is 4.90 Å². The monoisotopic (exact) mass is 382 g/mol. The predicted molar refractivity (Wildman–Crippen MR) is 106 cm³/mol. The minimum Gasteiger partial charge on any atom is -0.356 e. The van der Waals surface area contributed by atoms with E-state index in [1.807, 2.05) is 0 Å². The summed E-state index contributed by atoms with van der Waals surface area (Å²) >= 11 is 0. The third kappa shape index (κ3) is 3.32. The highest BCUT2D eigenvalue weighted by atomic mass is 16.2. The highest BCUT2D eigenvalue weighted by molar-refractivity contribution is 5.94. The fraction of sp³-hybridized carbons (Fsp3) is 0.526. The third-order valence-corrected chi connectivity index (χ3v) is 5.25. The van der Waals surface area contributed by atoms with Gasteiger partial charge in [-0.1, -0.05) is 13.3 Å². The van der Waals surface area contributed by atoms with Crippen LogP contribution in [0.15, 0.2) is 18.6 Å².